The number of rotatable bonds is 6. The SMILES string of the molecule is COc1ccc(CN2CCc3oc(C)c(C(=O)NC[C@H]4CCCO4)c3C2)cc1. The molecule has 2 aliphatic heterocycles. The Morgan fingerprint density at radius 3 is 2.86 bits per heavy atom. The van der Waals surface area contributed by atoms with Gasteiger partial charge in [-0.3, -0.25) is 9.69 Å². The highest BCUT2D eigenvalue weighted by Gasteiger charge is 2.28. The molecule has 0 bridgehead atoms. The summed E-state index contributed by atoms with van der Waals surface area (Å²) in [6, 6.07) is 8.14. The van der Waals surface area contributed by atoms with Crippen LogP contribution in [0.5, 0.6) is 5.75 Å². The predicted octanol–water partition coefficient (Wildman–Crippen LogP) is 3.06. The summed E-state index contributed by atoms with van der Waals surface area (Å²) in [6.07, 6.45) is 3.05. The predicted molar refractivity (Wildman–Crippen MR) is 106 cm³/mol. The van der Waals surface area contributed by atoms with Gasteiger partial charge < -0.3 is 19.2 Å². The van der Waals surface area contributed by atoms with Crippen molar-refractivity contribution in [3.8, 4) is 5.75 Å². The number of hydrogen-bond acceptors (Lipinski definition) is 5. The Morgan fingerprint density at radius 1 is 1.32 bits per heavy atom. The van der Waals surface area contributed by atoms with E-state index in [1.165, 1.54) is 5.56 Å². The molecule has 3 heterocycles. The van der Waals surface area contributed by atoms with Crippen LogP contribution in [-0.2, 0) is 24.2 Å². The van der Waals surface area contributed by atoms with Gasteiger partial charge in [0.15, 0.2) is 0 Å². The molecule has 28 heavy (non-hydrogen) atoms. The molecule has 2 aliphatic rings. The molecule has 1 amide bonds. The average Bonchev–Trinajstić information content (AvgIpc) is 3.33. The summed E-state index contributed by atoms with van der Waals surface area (Å²) in [7, 11) is 1.67. The Hall–Kier alpha value is -2.31. The van der Waals surface area contributed by atoms with E-state index in [1.807, 2.05) is 19.1 Å². The lowest BCUT2D eigenvalue weighted by atomic mass is 10.0. The first-order valence-electron chi connectivity index (χ1n) is 10.00. The van der Waals surface area contributed by atoms with Gasteiger partial charge in [0, 0.05) is 44.8 Å². The van der Waals surface area contributed by atoms with Crippen LogP contribution in [0.1, 0.15) is 45.8 Å². The Balaban J connectivity index is 1.43. The highest BCUT2D eigenvalue weighted by molar-refractivity contribution is 5.97. The standard InChI is InChI=1S/C22H28N2O4/c1-15-21(22(25)23-12-18-4-3-11-27-18)19-14-24(10-9-20(19)28-15)13-16-5-7-17(26-2)8-6-16/h5-8,18H,3-4,9-14H2,1-2H3,(H,23,25)/t18-/m1/s1. The molecule has 6 heteroatoms. The highest BCUT2D eigenvalue weighted by atomic mass is 16.5. The van der Waals surface area contributed by atoms with Gasteiger partial charge in [0.1, 0.15) is 17.3 Å². The minimum atomic E-state index is -0.0516. The molecule has 4 rings (SSSR count). The summed E-state index contributed by atoms with van der Waals surface area (Å²) in [5.74, 6) is 2.47. The van der Waals surface area contributed by atoms with Gasteiger partial charge in [0.25, 0.3) is 5.91 Å². The summed E-state index contributed by atoms with van der Waals surface area (Å²) in [4.78, 5) is 15.2. The summed E-state index contributed by atoms with van der Waals surface area (Å²) in [6.45, 7) is 5.72. The molecule has 1 aromatic heterocycles. The molecular formula is C22H28N2O4. The fourth-order valence-corrected chi connectivity index (χ4v) is 4.10. The second-order valence-corrected chi connectivity index (χ2v) is 7.59. The first-order valence-corrected chi connectivity index (χ1v) is 10.00. The topological polar surface area (TPSA) is 63.9 Å². The van der Waals surface area contributed by atoms with Crippen LogP contribution in [0.15, 0.2) is 28.7 Å². The van der Waals surface area contributed by atoms with Crippen LogP contribution in [0.3, 0.4) is 0 Å². The van der Waals surface area contributed by atoms with E-state index in [1.54, 1.807) is 7.11 Å². The minimum absolute atomic E-state index is 0.0516. The van der Waals surface area contributed by atoms with Crippen molar-refractivity contribution in [2.75, 3.05) is 26.8 Å². The molecule has 6 nitrogen and oxygen atoms in total. The molecule has 0 unspecified atom stereocenters. The molecule has 0 spiro atoms. The number of methoxy groups -OCH3 is 1. The quantitative estimate of drug-likeness (QED) is 0.829. The maximum absolute atomic E-state index is 12.8. The summed E-state index contributed by atoms with van der Waals surface area (Å²) in [5.41, 5.74) is 2.96. The zero-order chi connectivity index (χ0) is 19.5. The molecule has 1 aromatic carbocycles. The lowest BCUT2D eigenvalue weighted by Crippen LogP contribution is -2.34. The molecule has 1 atom stereocenters. The van der Waals surface area contributed by atoms with Crippen molar-refractivity contribution in [2.24, 2.45) is 0 Å². The van der Waals surface area contributed by atoms with Crippen molar-refractivity contribution in [3.63, 3.8) is 0 Å². The van der Waals surface area contributed by atoms with Crippen molar-refractivity contribution in [2.45, 2.75) is 45.4 Å². The third kappa shape index (κ3) is 4.08. The number of nitrogens with one attached hydrogen (secondary N) is 1. The van der Waals surface area contributed by atoms with Crippen LogP contribution >= 0.6 is 0 Å². The number of furan rings is 1. The molecule has 2 aromatic rings. The zero-order valence-corrected chi connectivity index (χ0v) is 16.6. The van der Waals surface area contributed by atoms with Crippen LogP contribution in [0.2, 0.25) is 0 Å². The van der Waals surface area contributed by atoms with Gasteiger partial charge in [-0.2, -0.15) is 0 Å². The first kappa shape index (κ1) is 19.0. The number of carbonyl (C=O) groups is 1. The molecule has 1 N–H and O–H groups in total. The van der Waals surface area contributed by atoms with Crippen molar-refractivity contribution in [3.05, 3.63) is 52.5 Å². The van der Waals surface area contributed by atoms with E-state index >= 15 is 0 Å². The first-order chi connectivity index (χ1) is 13.6. The Kier molecular flexibility index (Phi) is 5.69. The number of amides is 1. The molecule has 0 saturated carbocycles. The summed E-state index contributed by atoms with van der Waals surface area (Å²) >= 11 is 0. The third-order valence-corrected chi connectivity index (χ3v) is 5.61. The number of benzene rings is 1. The average molecular weight is 384 g/mol. The fourth-order valence-electron chi connectivity index (χ4n) is 4.10. The second kappa shape index (κ2) is 8.37. The highest BCUT2D eigenvalue weighted by Crippen LogP contribution is 2.29. The van der Waals surface area contributed by atoms with Crippen molar-refractivity contribution < 1.29 is 18.7 Å². The van der Waals surface area contributed by atoms with E-state index in [9.17, 15) is 4.79 Å². The maximum atomic E-state index is 12.8. The van der Waals surface area contributed by atoms with Gasteiger partial charge in [-0.1, -0.05) is 12.1 Å². The number of ether oxygens (including phenoxy) is 2. The molecule has 1 fully saturated rings. The van der Waals surface area contributed by atoms with Crippen LogP contribution < -0.4 is 10.1 Å². The summed E-state index contributed by atoms with van der Waals surface area (Å²) < 4.78 is 16.8. The van der Waals surface area contributed by atoms with Crippen molar-refractivity contribution >= 4 is 5.91 Å². The van der Waals surface area contributed by atoms with Crippen molar-refractivity contribution in [1.82, 2.24) is 10.2 Å². The van der Waals surface area contributed by atoms with Gasteiger partial charge in [0.2, 0.25) is 0 Å². The second-order valence-electron chi connectivity index (χ2n) is 7.59. The van der Waals surface area contributed by atoms with E-state index in [2.05, 4.69) is 22.3 Å². The van der Waals surface area contributed by atoms with Gasteiger partial charge in [-0.05, 0) is 37.5 Å². The third-order valence-electron chi connectivity index (χ3n) is 5.61. The van der Waals surface area contributed by atoms with E-state index in [0.717, 1.165) is 62.6 Å². The number of nitrogens with zero attached hydrogens (tertiary/aromatic N) is 1. The van der Waals surface area contributed by atoms with Gasteiger partial charge in [-0.25, -0.2) is 0 Å². The van der Waals surface area contributed by atoms with E-state index in [4.69, 9.17) is 13.9 Å². The van der Waals surface area contributed by atoms with Crippen molar-refractivity contribution in [1.29, 1.82) is 0 Å². The molecular weight excluding hydrogens is 356 g/mol. The van der Waals surface area contributed by atoms with Gasteiger partial charge in [0.05, 0.1) is 18.8 Å². The molecule has 0 radical (unpaired) electrons. The Morgan fingerprint density at radius 2 is 2.14 bits per heavy atom. The van der Waals surface area contributed by atoms with E-state index < -0.39 is 0 Å². The van der Waals surface area contributed by atoms with E-state index in [0.29, 0.717) is 17.9 Å². The number of aryl methyl sites for hydroxylation is 1. The van der Waals surface area contributed by atoms with Crippen LogP contribution in [0, 0.1) is 6.92 Å². The molecule has 0 aliphatic carbocycles. The van der Waals surface area contributed by atoms with Crippen LogP contribution in [0.25, 0.3) is 0 Å². The fraction of sp³-hybridized carbons (Fsp3) is 0.500. The van der Waals surface area contributed by atoms with Gasteiger partial charge >= 0.3 is 0 Å². The molecule has 150 valence electrons. The Labute approximate surface area is 165 Å². The van der Waals surface area contributed by atoms with E-state index in [-0.39, 0.29) is 12.0 Å². The zero-order valence-electron chi connectivity index (χ0n) is 16.6. The smallest absolute Gasteiger partial charge is 0.255 e. The summed E-state index contributed by atoms with van der Waals surface area (Å²) in [5, 5.41) is 3.04. The monoisotopic (exact) mass is 384 g/mol. The van der Waals surface area contributed by atoms with Gasteiger partial charge in [-0.15, -0.1) is 0 Å². The minimum Gasteiger partial charge on any atom is -0.497 e. The number of fused-ring (bicyclic) bond motifs is 1. The number of hydrogen-bond donors (Lipinski definition) is 1. The van der Waals surface area contributed by atoms with Crippen LogP contribution in [-0.4, -0.2) is 43.7 Å². The maximum Gasteiger partial charge on any atom is 0.255 e. The lowest BCUT2D eigenvalue weighted by molar-refractivity contribution is 0.0855. The molecule has 1 saturated heterocycles. The lowest BCUT2D eigenvalue weighted by Gasteiger charge is -2.26. The number of carbonyl (C=O) groups excluding carboxylic acids is 1. The van der Waals surface area contributed by atoms with Crippen LogP contribution in [0.4, 0.5) is 0 Å². The largest absolute Gasteiger partial charge is 0.497 e. The normalized spacial score (nSPS) is 19.4. The Bertz CT molecular complexity index is 822.